The average molecular weight is 562 g/mol. The fourth-order valence-corrected chi connectivity index (χ4v) is 5.40. The minimum Gasteiger partial charge on any atom is -0.457 e. The Labute approximate surface area is 247 Å². The molecule has 4 aromatic rings. The molecule has 0 aromatic heterocycles. The number of nitrogens with one attached hydrogen (secondary N) is 2. The number of aryl methyl sites for hydroxylation is 1. The molecule has 5 rings (SSSR count). The lowest BCUT2D eigenvalue weighted by atomic mass is 9.93. The van der Waals surface area contributed by atoms with E-state index < -0.39 is 6.04 Å². The Bertz CT molecular complexity index is 1580. The number of hydrogen-bond acceptors (Lipinski definition) is 3. The molecule has 0 saturated carbocycles. The van der Waals surface area contributed by atoms with Crippen molar-refractivity contribution in [2.45, 2.75) is 46.2 Å². The van der Waals surface area contributed by atoms with Crippen LogP contribution < -0.4 is 15.4 Å². The summed E-state index contributed by atoms with van der Waals surface area (Å²) in [6, 6.07) is 33.3. The molecule has 1 aliphatic heterocycles. The Morgan fingerprint density at radius 1 is 0.902 bits per heavy atom. The predicted molar refractivity (Wildman–Crippen MR) is 170 cm³/mol. The van der Waals surface area contributed by atoms with Gasteiger partial charge in [-0.05, 0) is 79.0 Å². The molecule has 1 amide bonds. The summed E-state index contributed by atoms with van der Waals surface area (Å²) in [7, 11) is 0. The van der Waals surface area contributed by atoms with Crippen molar-refractivity contribution in [2.75, 3.05) is 5.32 Å². The summed E-state index contributed by atoms with van der Waals surface area (Å²) in [5.74, 6) is 1.53. The van der Waals surface area contributed by atoms with E-state index in [1.165, 1.54) is 5.56 Å². The van der Waals surface area contributed by atoms with Crippen LogP contribution in [0.1, 0.15) is 55.0 Å². The molecule has 0 aliphatic carbocycles. The Kier molecular flexibility index (Phi) is 8.50. The van der Waals surface area contributed by atoms with Crippen LogP contribution in [0.5, 0.6) is 11.5 Å². The number of amides is 1. The number of ether oxygens (including phenoxy) is 1. The molecule has 0 bridgehead atoms. The van der Waals surface area contributed by atoms with Gasteiger partial charge >= 0.3 is 0 Å². The van der Waals surface area contributed by atoms with Gasteiger partial charge in [-0.2, -0.15) is 0 Å². The van der Waals surface area contributed by atoms with Gasteiger partial charge in [-0.1, -0.05) is 92.2 Å². The molecule has 0 radical (unpaired) electrons. The van der Waals surface area contributed by atoms with Crippen LogP contribution in [0.4, 0.5) is 5.69 Å². The second-order valence-electron chi connectivity index (χ2n) is 10.6. The maximum atomic E-state index is 14.2. The van der Waals surface area contributed by atoms with E-state index in [-0.39, 0.29) is 11.8 Å². The minimum atomic E-state index is -0.456. The van der Waals surface area contributed by atoms with Crippen LogP contribution in [-0.2, 0) is 11.3 Å². The van der Waals surface area contributed by atoms with Crippen molar-refractivity contribution in [1.82, 2.24) is 10.2 Å². The van der Waals surface area contributed by atoms with Crippen LogP contribution in [0.3, 0.4) is 0 Å². The zero-order chi connectivity index (χ0) is 28.9. The van der Waals surface area contributed by atoms with Gasteiger partial charge in [-0.3, -0.25) is 4.79 Å². The average Bonchev–Trinajstić information content (AvgIpc) is 2.96. The van der Waals surface area contributed by atoms with Crippen LogP contribution in [-0.4, -0.2) is 15.9 Å². The topological polar surface area (TPSA) is 53.6 Å². The quantitative estimate of drug-likeness (QED) is 0.212. The SMILES string of the molecule is CC1=C(C(=O)Nc2ccccc2C(C)C)[C@@H](c2cccc(Oc3ccccc3)c2)NC(=S)N1Cc1ccc(C)cc1. The Hall–Kier alpha value is -4.42. The summed E-state index contributed by atoms with van der Waals surface area (Å²) < 4.78 is 6.12. The molecule has 1 aliphatic rings. The molecule has 208 valence electrons. The van der Waals surface area contributed by atoms with Crippen molar-refractivity contribution < 1.29 is 9.53 Å². The first-order valence-corrected chi connectivity index (χ1v) is 14.3. The smallest absolute Gasteiger partial charge is 0.255 e. The Morgan fingerprint density at radius 3 is 2.32 bits per heavy atom. The molecule has 1 heterocycles. The highest BCUT2D eigenvalue weighted by Gasteiger charge is 2.34. The van der Waals surface area contributed by atoms with Gasteiger partial charge in [0.2, 0.25) is 0 Å². The van der Waals surface area contributed by atoms with Crippen LogP contribution in [0.25, 0.3) is 0 Å². The number of hydrogen-bond donors (Lipinski definition) is 2. The first kappa shape index (κ1) is 28.1. The minimum absolute atomic E-state index is 0.168. The fourth-order valence-electron chi connectivity index (χ4n) is 5.08. The predicted octanol–water partition coefficient (Wildman–Crippen LogP) is 8.25. The lowest BCUT2D eigenvalue weighted by Gasteiger charge is -2.38. The molecular weight excluding hydrogens is 526 g/mol. The molecule has 0 spiro atoms. The monoisotopic (exact) mass is 561 g/mol. The van der Waals surface area contributed by atoms with Crippen LogP contribution in [0.2, 0.25) is 0 Å². The number of carbonyl (C=O) groups excluding carboxylic acids is 1. The number of anilines is 1. The maximum Gasteiger partial charge on any atom is 0.255 e. The van der Waals surface area contributed by atoms with Gasteiger partial charge in [0.1, 0.15) is 11.5 Å². The number of benzene rings is 4. The third-order valence-electron chi connectivity index (χ3n) is 7.30. The summed E-state index contributed by atoms with van der Waals surface area (Å²) in [5.41, 5.74) is 6.52. The van der Waals surface area contributed by atoms with Gasteiger partial charge < -0.3 is 20.3 Å². The summed E-state index contributed by atoms with van der Waals surface area (Å²) in [6.45, 7) is 8.85. The Balaban J connectivity index is 1.53. The first-order chi connectivity index (χ1) is 19.8. The number of rotatable bonds is 8. The second kappa shape index (κ2) is 12.4. The van der Waals surface area contributed by atoms with Gasteiger partial charge in [0.05, 0.1) is 11.6 Å². The molecule has 0 fully saturated rings. The van der Waals surface area contributed by atoms with Crippen molar-refractivity contribution in [3.8, 4) is 11.5 Å². The van der Waals surface area contributed by atoms with Crippen molar-refractivity contribution >= 4 is 28.9 Å². The molecular formula is C35H35N3O2S. The standard InChI is InChI=1S/C35H35N3O2S/c1-23(2)30-15-8-9-16-31(30)36-34(39)32-25(4)38(22-26-19-17-24(3)18-20-26)35(41)37-33(32)27-11-10-14-29(21-27)40-28-12-6-5-7-13-28/h5-21,23,33H,22H2,1-4H3,(H,36,39)(H,37,41)/t33-/m1/s1. The number of para-hydroxylation sites is 2. The van der Waals surface area contributed by atoms with Crippen LogP contribution >= 0.6 is 12.2 Å². The van der Waals surface area contributed by atoms with Crippen molar-refractivity contribution in [3.05, 3.63) is 137 Å². The van der Waals surface area contributed by atoms with Crippen LogP contribution in [0.15, 0.2) is 114 Å². The molecule has 4 aromatic carbocycles. The molecule has 1 atom stereocenters. The van der Waals surface area contributed by atoms with Gasteiger partial charge in [0, 0.05) is 17.9 Å². The largest absolute Gasteiger partial charge is 0.457 e. The lowest BCUT2D eigenvalue weighted by molar-refractivity contribution is -0.113. The second-order valence-corrected chi connectivity index (χ2v) is 11.0. The van der Waals surface area contributed by atoms with Gasteiger partial charge in [0.15, 0.2) is 5.11 Å². The summed E-state index contributed by atoms with van der Waals surface area (Å²) >= 11 is 5.89. The van der Waals surface area contributed by atoms with Crippen molar-refractivity contribution in [1.29, 1.82) is 0 Å². The molecule has 41 heavy (non-hydrogen) atoms. The molecule has 5 nitrogen and oxygen atoms in total. The highest BCUT2D eigenvalue weighted by atomic mass is 32.1. The lowest BCUT2D eigenvalue weighted by Crippen LogP contribution is -2.48. The summed E-state index contributed by atoms with van der Waals surface area (Å²) in [4.78, 5) is 16.2. The number of allylic oxidation sites excluding steroid dienone is 1. The number of nitrogens with zero attached hydrogens (tertiary/aromatic N) is 1. The molecule has 0 unspecified atom stereocenters. The summed E-state index contributed by atoms with van der Waals surface area (Å²) in [6.07, 6.45) is 0. The van der Waals surface area contributed by atoms with Gasteiger partial charge in [-0.25, -0.2) is 0 Å². The Morgan fingerprint density at radius 2 is 1.59 bits per heavy atom. The molecule has 0 saturated heterocycles. The fraction of sp³-hybridized carbons (Fsp3) is 0.200. The van der Waals surface area contributed by atoms with E-state index in [0.29, 0.717) is 23.0 Å². The maximum absolute atomic E-state index is 14.2. The first-order valence-electron chi connectivity index (χ1n) is 13.9. The van der Waals surface area contributed by atoms with E-state index >= 15 is 0 Å². The zero-order valence-electron chi connectivity index (χ0n) is 23.8. The van der Waals surface area contributed by atoms with E-state index in [1.807, 2.05) is 84.6 Å². The zero-order valence-corrected chi connectivity index (χ0v) is 24.7. The van der Waals surface area contributed by atoms with Crippen LogP contribution in [0, 0.1) is 6.92 Å². The van der Waals surface area contributed by atoms with Crippen molar-refractivity contribution in [3.63, 3.8) is 0 Å². The van der Waals surface area contributed by atoms with Gasteiger partial charge in [0.25, 0.3) is 5.91 Å². The van der Waals surface area contributed by atoms with E-state index in [1.54, 1.807) is 0 Å². The van der Waals surface area contributed by atoms with E-state index in [0.717, 1.165) is 33.8 Å². The highest BCUT2D eigenvalue weighted by Crippen LogP contribution is 2.35. The number of carbonyl (C=O) groups is 1. The molecule has 2 N–H and O–H groups in total. The van der Waals surface area contributed by atoms with Crippen molar-refractivity contribution in [2.24, 2.45) is 0 Å². The van der Waals surface area contributed by atoms with E-state index in [9.17, 15) is 4.79 Å². The summed E-state index contributed by atoms with van der Waals surface area (Å²) in [5, 5.41) is 7.26. The highest BCUT2D eigenvalue weighted by molar-refractivity contribution is 7.80. The van der Waals surface area contributed by atoms with E-state index in [2.05, 4.69) is 61.7 Å². The normalized spacial score (nSPS) is 15.1. The van der Waals surface area contributed by atoms with Gasteiger partial charge in [-0.15, -0.1) is 0 Å². The van der Waals surface area contributed by atoms with E-state index in [4.69, 9.17) is 17.0 Å². The third-order valence-corrected chi connectivity index (χ3v) is 7.64. The molecule has 6 heteroatoms. The third kappa shape index (κ3) is 6.50. The number of thiocarbonyl (C=S) groups is 1.